The van der Waals surface area contributed by atoms with Crippen molar-refractivity contribution in [2.24, 2.45) is 4.99 Å². The number of hydrogen-bond acceptors (Lipinski definition) is 3. The van der Waals surface area contributed by atoms with Gasteiger partial charge in [0.2, 0.25) is 0 Å². The summed E-state index contributed by atoms with van der Waals surface area (Å²) in [6, 6.07) is 16.2. The molecule has 3 aliphatic rings. The Morgan fingerprint density at radius 2 is 1.70 bits per heavy atom. The highest BCUT2D eigenvalue weighted by Gasteiger charge is 2.52. The molecule has 2 aliphatic heterocycles. The van der Waals surface area contributed by atoms with Crippen LogP contribution in [0.2, 0.25) is 10.0 Å². The maximum atomic E-state index is 13.3. The number of likely N-dealkylation sites (tertiary alicyclic amines) is 1. The molecule has 2 aromatic rings. The van der Waals surface area contributed by atoms with Gasteiger partial charge in [-0.2, -0.15) is 4.99 Å². The molecule has 1 saturated heterocycles. The van der Waals surface area contributed by atoms with Gasteiger partial charge in [0.05, 0.1) is 10.0 Å². The Balaban J connectivity index is 1.41. The quantitative estimate of drug-likeness (QED) is 0.554. The molecule has 1 spiro atoms. The van der Waals surface area contributed by atoms with Gasteiger partial charge in [0.1, 0.15) is 11.4 Å². The van der Waals surface area contributed by atoms with Crippen LogP contribution in [-0.4, -0.2) is 41.4 Å². The molecule has 1 N–H and O–H groups in total. The van der Waals surface area contributed by atoms with E-state index < -0.39 is 5.54 Å². The Bertz CT molecular complexity index is 1030. The Hall–Kier alpha value is -2.08. The summed E-state index contributed by atoms with van der Waals surface area (Å²) in [6.07, 6.45) is 7.67. The second-order valence-corrected chi connectivity index (χ2v) is 10.3. The summed E-state index contributed by atoms with van der Waals surface area (Å²) in [7, 11) is 0. The van der Waals surface area contributed by atoms with Gasteiger partial charge in [0.15, 0.2) is 0 Å². The lowest BCUT2D eigenvalue weighted by atomic mass is 9.83. The van der Waals surface area contributed by atoms with Crippen LogP contribution in [0.15, 0.2) is 53.5 Å². The van der Waals surface area contributed by atoms with Crippen molar-refractivity contribution in [3.8, 4) is 0 Å². The van der Waals surface area contributed by atoms with Crippen LogP contribution in [0.3, 0.4) is 0 Å². The van der Waals surface area contributed by atoms with E-state index in [0.29, 0.717) is 16.1 Å². The van der Waals surface area contributed by atoms with Crippen LogP contribution in [-0.2, 0) is 6.54 Å². The van der Waals surface area contributed by atoms with E-state index in [1.54, 1.807) is 12.1 Å². The third-order valence-corrected chi connectivity index (χ3v) is 8.05. The zero-order chi connectivity index (χ0) is 22.8. The second-order valence-electron chi connectivity index (χ2n) is 9.45. The van der Waals surface area contributed by atoms with Gasteiger partial charge >= 0.3 is 6.03 Å². The predicted molar refractivity (Wildman–Crippen MR) is 135 cm³/mol. The lowest BCUT2D eigenvalue weighted by Crippen LogP contribution is -2.62. The number of nitrogens with zero attached hydrogens (tertiary/aromatic N) is 3. The highest BCUT2D eigenvalue weighted by atomic mass is 35.5. The molecular formula is C26H30Cl2N4O. The highest BCUT2D eigenvalue weighted by Crippen LogP contribution is 2.41. The molecule has 2 heterocycles. The first kappa shape index (κ1) is 22.7. The number of urea groups is 1. The number of carbonyl (C=O) groups excluding carboxylic acids is 1. The third kappa shape index (κ3) is 4.64. The highest BCUT2D eigenvalue weighted by molar-refractivity contribution is 6.42. The summed E-state index contributed by atoms with van der Waals surface area (Å²) in [6.45, 7) is 2.71. The van der Waals surface area contributed by atoms with Crippen molar-refractivity contribution in [3.05, 3.63) is 64.1 Å². The fraction of sp³-hybridized carbons (Fsp3) is 0.462. The van der Waals surface area contributed by atoms with Crippen molar-refractivity contribution in [1.82, 2.24) is 10.2 Å². The van der Waals surface area contributed by atoms with Crippen LogP contribution < -0.4 is 10.2 Å². The zero-order valence-corrected chi connectivity index (χ0v) is 20.3. The average molecular weight is 485 g/mol. The number of carbonyl (C=O) groups is 1. The van der Waals surface area contributed by atoms with Crippen LogP contribution in [0.4, 0.5) is 10.5 Å². The monoisotopic (exact) mass is 484 g/mol. The maximum Gasteiger partial charge on any atom is 0.350 e. The van der Waals surface area contributed by atoms with Gasteiger partial charge in [0.25, 0.3) is 0 Å². The molecule has 0 unspecified atom stereocenters. The maximum absolute atomic E-state index is 13.3. The molecule has 5 rings (SSSR count). The molecule has 7 heteroatoms. The summed E-state index contributed by atoms with van der Waals surface area (Å²) < 4.78 is 0. The Labute approximate surface area is 205 Å². The Kier molecular flexibility index (Phi) is 6.64. The minimum atomic E-state index is -0.473. The summed E-state index contributed by atoms with van der Waals surface area (Å²) in [5.74, 6) is 0.838. The summed E-state index contributed by atoms with van der Waals surface area (Å²) in [5, 5.41) is 4.65. The van der Waals surface area contributed by atoms with E-state index in [9.17, 15) is 4.79 Å². The number of hydrogen-bond donors (Lipinski definition) is 1. The summed E-state index contributed by atoms with van der Waals surface area (Å²) >= 11 is 12.5. The second kappa shape index (κ2) is 9.65. The number of rotatable bonds is 4. The molecule has 0 bridgehead atoms. The summed E-state index contributed by atoms with van der Waals surface area (Å²) in [5.41, 5.74) is 1.60. The van der Waals surface area contributed by atoms with Gasteiger partial charge in [-0.15, -0.1) is 0 Å². The lowest BCUT2D eigenvalue weighted by Gasteiger charge is -2.46. The van der Waals surface area contributed by atoms with Gasteiger partial charge in [0, 0.05) is 31.4 Å². The molecule has 2 fully saturated rings. The van der Waals surface area contributed by atoms with Crippen LogP contribution in [0.5, 0.6) is 0 Å². The number of amides is 2. The van der Waals surface area contributed by atoms with E-state index in [0.717, 1.165) is 56.8 Å². The van der Waals surface area contributed by atoms with Gasteiger partial charge in [-0.25, -0.2) is 4.79 Å². The fourth-order valence-corrected chi connectivity index (χ4v) is 5.80. The van der Waals surface area contributed by atoms with Gasteiger partial charge in [-0.1, -0.05) is 72.8 Å². The zero-order valence-electron chi connectivity index (χ0n) is 18.8. The third-order valence-electron chi connectivity index (χ3n) is 7.31. The minimum absolute atomic E-state index is 0.219. The number of halogens is 2. The largest absolute Gasteiger partial charge is 0.369 e. The molecule has 2 amide bonds. The predicted octanol–water partition coefficient (Wildman–Crippen LogP) is 6.29. The number of anilines is 1. The van der Waals surface area contributed by atoms with Crippen molar-refractivity contribution in [2.75, 3.05) is 18.0 Å². The molecule has 0 aromatic heterocycles. The van der Waals surface area contributed by atoms with Gasteiger partial charge in [-0.3, -0.25) is 9.80 Å². The Morgan fingerprint density at radius 1 is 0.970 bits per heavy atom. The fourth-order valence-electron chi connectivity index (χ4n) is 5.51. The molecule has 0 radical (unpaired) electrons. The van der Waals surface area contributed by atoms with Crippen LogP contribution in [0.1, 0.15) is 50.5 Å². The van der Waals surface area contributed by atoms with Gasteiger partial charge < -0.3 is 5.32 Å². The Morgan fingerprint density at radius 3 is 2.39 bits per heavy atom. The molecule has 1 saturated carbocycles. The first-order valence-corrected chi connectivity index (χ1v) is 12.7. The van der Waals surface area contributed by atoms with Crippen molar-refractivity contribution in [1.29, 1.82) is 0 Å². The SMILES string of the molecule is O=C1N=C(NC2CCCCC2)C2(CCN(Cc3ccccc3)CC2)N1c1ccc(Cl)c(Cl)c1. The van der Waals surface area contributed by atoms with E-state index in [1.807, 2.05) is 17.0 Å². The van der Waals surface area contributed by atoms with Crippen molar-refractivity contribution >= 4 is 40.8 Å². The average Bonchev–Trinajstić information content (AvgIpc) is 3.09. The van der Waals surface area contributed by atoms with Crippen molar-refractivity contribution in [2.45, 2.75) is 63.1 Å². The van der Waals surface area contributed by atoms with Crippen molar-refractivity contribution in [3.63, 3.8) is 0 Å². The standard InChI is InChI=1S/C26H30Cl2N4O/c27-22-12-11-21(17-23(22)28)32-25(33)30-24(29-20-9-5-2-6-10-20)26(32)13-15-31(16-14-26)18-19-7-3-1-4-8-19/h1,3-4,7-8,11-12,17,20H,2,5-6,9-10,13-16,18H2,(H,29,30,33). The molecule has 2 aromatic carbocycles. The summed E-state index contributed by atoms with van der Waals surface area (Å²) in [4.78, 5) is 22.2. The van der Waals surface area contributed by atoms with Crippen LogP contribution in [0.25, 0.3) is 0 Å². The number of piperidine rings is 1. The number of benzene rings is 2. The number of aliphatic imine (C=N–C) groups is 1. The van der Waals surface area contributed by atoms with E-state index in [-0.39, 0.29) is 6.03 Å². The normalized spacial score (nSPS) is 21.5. The number of amidine groups is 1. The van der Waals surface area contributed by atoms with Crippen LogP contribution >= 0.6 is 23.2 Å². The van der Waals surface area contributed by atoms with E-state index in [2.05, 4.69) is 39.5 Å². The number of nitrogens with one attached hydrogen (secondary N) is 1. The molecule has 174 valence electrons. The van der Waals surface area contributed by atoms with Crippen molar-refractivity contribution < 1.29 is 4.79 Å². The lowest BCUT2D eigenvalue weighted by molar-refractivity contribution is 0.181. The molecule has 0 atom stereocenters. The smallest absolute Gasteiger partial charge is 0.350 e. The molecule has 33 heavy (non-hydrogen) atoms. The molecule has 1 aliphatic carbocycles. The topological polar surface area (TPSA) is 47.9 Å². The first-order chi connectivity index (χ1) is 16.0. The van der Waals surface area contributed by atoms with Crippen LogP contribution in [0, 0.1) is 0 Å². The van der Waals surface area contributed by atoms with Gasteiger partial charge in [-0.05, 0) is 49.4 Å². The minimum Gasteiger partial charge on any atom is -0.369 e. The van der Waals surface area contributed by atoms with E-state index >= 15 is 0 Å². The van der Waals surface area contributed by atoms with E-state index in [4.69, 9.17) is 23.2 Å². The van der Waals surface area contributed by atoms with E-state index in [1.165, 1.54) is 24.8 Å². The first-order valence-electron chi connectivity index (χ1n) is 12.0. The molecule has 5 nitrogen and oxygen atoms in total. The molecular weight excluding hydrogens is 455 g/mol.